The lowest BCUT2D eigenvalue weighted by Gasteiger charge is -2.41. The minimum Gasteiger partial charge on any atom is -0.495 e. The smallest absolute Gasteiger partial charge is 0.421 e. The third-order valence-corrected chi connectivity index (χ3v) is 9.41. The second-order valence-electron chi connectivity index (χ2n) is 12.5. The van der Waals surface area contributed by atoms with Crippen molar-refractivity contribution in [3.8, 4) is 5.75 Å². The van der Waals surface area contributed by atoms with Crippen LogP contribution in [-0.2, 0) is 17.5 Å². The number of benzene rings is 2. The lowest BCUT2D eigenvalue weighted by molar-refractivity contribution is -0.137. The van der Waals surface area contributed by atoms with Crippen LogP contribution < -0.4 is 25.4 Å². The lowest BCUT2D eigenvalue weighted by atomic mass is 9.93. The Morgan fingerprint density at radius 1 is 1.12 bits per heavy atom. The highest BCUT2D eigenvalue weighted by molar-refractivity contribution is 7.99. The van der Waals surface area contributed by atoms with Crippen LogP contribution in [0.4, 0.5) is 36.3 Å². The number of ether oxygens (including phenoxy) is 2. The molecule has 0 radical (unpaired) electrons. The summed E-state index contributed by atoms with van der Waals surface area (Å²) in [6.07, 6.45) is 5.98. The number of nitrogens with one attached hydrogen (secondary N) is 2. The number of primary amides is 1. The molecule has 3 aromatic rings. The summed E-state index contributed by atoms with van der Waals surface area (Å²) < 4.78 is 54.0. The summed E-state index contributed by atoms with van der Waals surface area (Å²) in [5.74, 6) is -0.851. The number of carbonyl (C=O) groups is 1. The van der Waals surface area contributed by atoms with Crippen LogP contribution in [0.5, 0.6) is 5.75 Å². The van der Waals surface area contributed by atoms with E-state index in [-0.39, 0.29) is 29.6 Å². The Bertz CT molecular complexity index is 1550. The van der Waals surface area contributed by atoms with E-state index in [1.165, 1.54) is 69.4 Å². The van der Waals surface area contributed by atoms with Crippen LogP contribution in [0.1, 0.15) is 73.0 Å². The van der Waals surface area contributed by atoms with Gasteiger partial charge in [0.1, 0.15) is 17.1 Å². The molecule has 5 rings (SSSR count). The average Bonchev–Trinajstić information content (AvgIpc) is 3.07. The monoisotopic (exact) mass is 703 g/mol. The molecule has 1 amide bonds. The topological polar surface area (TPSA) is 118 Å². The zero-order chi connectivity index (χ0) is 35.7. The summed E-state index contributed by atoms with van der Waals surface area (Å²) in [4.78, 5) is 22.0. The number of morpholine rings is 1. The van der Waals surface area contributed by atoms with Gasteiger partial charge in [-0.25, -0.2) is 4.98 Å². The first-order valence-electron chi connectivity index (χ1n) is 16.5. The number of amides is 1. The molecule has 1 saturated carbocycles. The fraction of sp³-hybridized carbons (Fsp3) is 0.514. The highest BCUT2D eigenvalue weighted by Gasteiger charge is 2.35. The fourth-order valence-electron chi connectivity index (χ4n) is 6.21. The average molecular weight is 704 g/mol. The number of carbonyl (C=O) groups excluding carboxylic acids is 1. The van der Waals surface area contributed by atoms with Gasteiger partial charge >= 0.3 is 6.18 Å². The number of hydrogen-bond acceptors (Lipinski definition) is 10. The normalized spacial score (nSPS) is 18.6. The van der Waals surface area contributed by atoms with Gasteiger partial charge in [-0.15, -0.1) is 0 Å². The van der Waals surface area contributed by atoms with Crippen molar-refractivity contribution in [1.82, 2.24) is 14.9 Å². The second kappa shape index (κ2) is 17.3. The summed E-state index contributed by atoms with van der Waals surface area (Å²) >= 11 is 1.49. The van der Waals surface area contributed by atoms with Crippen molar-refractivity contribution >= 4 is 41.0 Å². The van der Waals surface area contributed by atoms with E-state index in [1.54, 1.807) is 0 Å². The van der Waals surface area contributed by atoms with E-state index in [2.05, 4.69) is 39.3 Å². The molecule has 2 atom stereocenters. The van der Waals surface area contributed by atoms with Gasteiger partial charge in [0.05, 0.1) is 30.7 Å². The number of rotatable bonds is 10. The van der Waals surface area contributed by atoms with E-state index in [9.17, 15) is 18.0 Å². The van der Waals surface area contributed by atoms with Gasteiger partial charge in [-0.05, 0) is 69.0 Å². The molecule has 1 aromatic heterocycles. The predicted octanol–water partition coefficient (Wildman–Crippen LogP) is 7.41. The number of nitrogens with two attached hydrogens (primary N) is 1. The van der Waals surface area contributed by atoms with Crippen LogP contribution in [0.3, 0.4) is 0 Å². The van der Waals surface area contributed by atoms with Gasteiger partial charge in [0.25, 0.3) is 0 Å². The fourth-order valence-corrected chi connectivity index (χ4v) is 6.57. The molecule has 2 heterocycles. The maximum atomic E-state index is 13.7. The first-order chi connectivity index (χ1) is 23.3. The van der Waals surface area contributed by atoms with Crippen LogP contribution in [0.2, 0.25) is 0 Å². The summed E-state index contributed by atoms with van der Waals surface area (Å²) in [5, 5.41) is 5.65. The zero-order valence-electron chi connectivity index (χ0n) is 29.1. The molecule has 2 aromatic carbocycles. The molecule has 2 aliphatic rings. The van der Waals surface area contributed by atoms with Gasteiger partial charge in [0.15, 0.2) is 0 Å². The Morgan fingerprint density at radius 3 is 2.43 bits per heavy atom. The van der Waals surface area contributed by atoms with Gasteiger partial charge in [-0.2, -0.15) is 18.2 Å². The molecule has 268 valence electrons. The van der Waals surface area contributed by atoms with Crippen LogP contribution in [-0.4, -0.2) is 72.5 Å². The molecular weight excluding hydrogens is 655 g/mol. The SMILES string of the molecule is COc1cc(C(N)=O)ccc1Nc1ncc(C(F)(F)F)c(NCc2ccc(C)cc2N(C)SC)n1.C[C@@H]1CN(C2CCCCC2)C[C@H](C)O1. The molecule has 4 N–H and O–H groups in total. The number of methoxy groups -OCH3 is 1. The third kappa shape index (κ3) is 10.6. The van der Waals surface area contributed by atoms with E-state index in [0.717, 1.165) is 35.9 Å². The number of aryl methyl sites for hydroxylation is 1. The Balaban J connectivity index is 0.000000319. The van der Waals surface area contributed by atoms with E-state index in [1.807, 2.05) is 42.7 Å². The molecular formula is C35H48F3N7O3S. The quantitative estimate of drug-likeness (QED) is 0.184. The van der Waals surface area contributed by atoms with E-state index in [4.69, 9.17) is 15.2 Å². The molecule has 0 bridgehead atoms. The number of alkyl halides is 3. The Hall–Kier alpha value is -3.75. The minimum absolute atomic E-state index is 0.0870. The van der Waals surface area contributed by atoms with Crippen LogP contribution >= 0.6 is 11.9 Å². The molecule has 1 saturated heterocycles. The van der Waals surface area contributed by atoms with Gasteiger partial charge < -0.3 is 30.1 Å². The molecule has 0 spiro atoms. The summed E-state index contributed by atoms with van der Waals surface area (Å²) in [5.41, 5.74) is 7.57. The lowest BCUT2D eigenvalue weighted by Crippen LogP contribution is -2.50. The summed E-state index contributed by atoms with van der Waals surface area (Å²) in [6, 6.07) is 11.0. The molecule has 0 unspecified atom stereocenters. The number of aromatic nitrogens is 2. The van der Waals surface area contributed by atoms with E-state index >= 15 is 0 Å². The Labute approximate surface area is 291 Å². The van der Waals surface area contributed by atoms with Crippen LogP contribution in [0.15, 0.2) is 42.6 Å². The molecule has 10 nitrogen and oxygen atoms in total. The molecule has 2 fully saturated rings. The largest absolute Gasteiger partial charge is 0.495 e. The number of anilines is 4. The summed E-state index contributed by atoms with van der Waals surface area (Å²) in [7, 11) is 3.27. The van der Waals surface area contributed by atoms with Crippen molar-refractivity contribution in [3.05, 3.63) is 64.8 Å². The molecule has 49 heavy (non-hydrogen) atoms. The van der Waals surface area contributed by atoms with Crippen molar-refractivity contribution < 1.29 is 27.4 Å². The van der Waals surface area contributed by atoms with Crippen molar-refractivity contribution in [2.24, 2.45) is 5.73 Å². The van der Waals surface area contributed by atoms with Crippen molar-refractivity contribution in [1.29, 1.82) is 0 Å². The minimum atomic E-state index is -4.66. The molecule has 1 aliphatic carbocycles. The molecule has 14 heteroatoms. The van der Waals surface area contributed by atoms with Crippen LogP contribution in [0, 0.1) is 6.92 Å². The van der Waals surface area contributed by atoms with Crippen molar-refractivity contribution in [2.75, 3.05) is 48.4 Å². The van der Waals surface area contributed by atoms with Crippen molar-refractivity contribution in [3.63, 3.8) is 0 Å². The number of halogens is 3. The van der Waals surface area contributed by atoms with E-state index < -0.39 is 17.6 Å². The standard InChI is InChI=1S/C23H25F3N6O2S.C12H23NO/c1-13-5-6-15(18(9-13)32(2)35-4)11-28-21-16(23(24,25)26)12-29-22(31-21)30-17-8-7-14(20(27)33)10-19(17)34-3;1-10-8-13(9-11(2)14-10)12-6-4-3-5-7-12/h5-10,12H,11H2,1-4H3,(H2,27,33)(H2,28,29,30,31);10-12H,3-9H2,1-2H3/t;10-,11+. The number of hydrogen-bond donors (Lipinski definition) is 3. The molecule has 1 aliphatic heterocycles. The maximum absolute atomic E-state index is 13.7. The maximum Gasteiger partial charge on any atom is 0.421 e. The highest BCUT2D eigenvalue weighted by atomic mass is 32.2. The van der Waals surface area contributed by atoms with E-state index in [0.29, 0.717) is 24.1 Å². The summed E-state index contributed by atoms with van der Waals surface area (Å²) in [6.45, 7) is 8.75. The predicted molar refractivity (Wildman–Crippen MR) is 191 cm³/mol. The first kappa shape index (κ1) is 38.1. The van der Waals surface area contributed by atoms with Gasteiger partial charge in [0.2, 0.25) is 11.9 Å². The highest BCUT2D eigenvalue weighted by Crippen LogP contribution is 2.36. The van der Waals surface area contributed by atoms with Crippen LogP contribution in [0.25, 0.3) is 0 Å². The van der Waals surface area contributed by atoms with Crippen molar-refractivity contribution in [2.45, 2.75) is 83.8 Å². The zero-order valence-corrected chi connectivity index (χ0v) is 29.9. The van der Waals surface area contributed by atoms with Gasteiger partial charge in [-0.3, -0.25) is 9.69 Å². The van der Waals surface area contributed by atoms with Gasteiger partial charge in [0, 0.05) is 50.7 Å². The Kier molecular flexibility index (Phi) is 13.4. The van der Waals surface area contributed by atoms with Gasteiger partial charge in [-0.1, -0.05) is 43.3 Å². The third-order valence-electron chi connectivity index (χ3n) is 8.67. The first-order valence-corrected chi connectivity index (χ1v) is 17.7. The number of nitrogens with zero attached hydrogens (tertiary/aromatic N) is 4. The second-order valence-corrected chi connectivity index (χ2v) is 13.4. The Morgan fingerprint density at radius 2 is 1.82 bits per heavy atom.